The number of imide groups is 1. The van der Waals surface area contributed by atoms with E-state index in [1.165, 1.54) is 29.3 Å². The van der Waals surface area contributed by atoms with Crippen molar-refractivity contribution >= 4 is 45.3 Å². The number of aryl methyl sites for hydroxylation is 1. The van der Waals surface area contributed by atoms with E-state index in [1.807, 2.05) is 0 Å². The van der Waals surface area contributed by atoms with E-state index in [9.17, 15) is 14.4 Å². The molecule has 10 heteroatoms. The van der Waals surface area contributed by atoms with Gasteiger partial charge in [0.1, 0.15) is 4.83 Å². The number of carbonyl (C=O) groups excluding carboxylic acids is 2. The molecule has 2 aromatic heterocycles. The van der Waals surface area contributed by atoms with Crippen LogP contribution < -0.4 is 16.2 Å². The van der Waals surface area contributed by atoms with Gasteiger partial charge in [0.2, 0.25) is 5.91 Å². The first kappa shape index (κ1) is 24.7. The second-order valence-electron chi connectivity index (χ2n) is 8.65. The first-order valence-corrected chi connectivity index (χ1v) is 12.8. The Morgan fingerprint density at radius 1 is 1.38 bits per heavy atom. The number of hydrogen-bond acceptors (Lipinski definition) is 7. The molecule has 0 saturated carbocycles. The number of methoxy groups -OCH3 is 1. The first-order valence-electron chi connectivity index (χ1n) is 11.0. The third kappa shape index (κ3) is 6.11. The number of rotatable bonds is 9. The molecule has 32 heavy (non-hydrogen) atoms. The van der Waals surface area contributed by atoms with Gasteiger partial charge in [-0.3, -0.25) is 19.5 Å². The number of nitrogens with zero attached hydrogens (tertiary/aromatic N) is 2. The number of aromatic nitrogens is 2. The third-order valence-corrected chi connectivity index (χ3v) is 7.61. The summed E-state index contributed by atoms with van der Waals surface area (Å²) in [6, 6.07) is -0.562. The van der Waals surface area contributed by atoms with Crippen LogP contribution in [-0.4, -0.2) is 47.5 Å². The fourth-order valence-electron chi connectivity index (χ4n) is 3.70. The zero-order valence-electron chi connectivity index (χ0n) is 19.2. The zero-order valence-corrected chi connectivity index (χ0v) is 20.8. The molecule has 1 aliphatic carbocycles. The lowest BCUT2D eigenvalue weighted by Crippen LogP contribution is -2.41. The minimum Gasteiger partial charge on any atom is -0.383 e. The molecule has 3 amide bonds. The lowest BCUT2D eigenvalue weighted by atomic mass is 9.89. The molecule has 8 nitrogen and oxygen atoms in total. The fraction of sp³-hybridized carbons (Fsp3) is 0.636. The van der Waals surface area contributed by atoms with E-state index in [0.717, 1.165) is 35.9 Å². The van der Waals surface area contributed by atoms with Gasteiger partial charge in [0.15, 0.2) is 5.16 Å². The van der Waals surface area contributed by atoms with Crippen LogP contribution in [0.3, 0.4) is 0 Å². The molecule has 0 spiro atoms. The van der Waals surface area contributed by atoms with Crippen molar-refractivity contribution in [1.29, 1.82) is 0 Å². The number of amides is 3. The van der Waals surface area contributed by atoms with Crippen molar-refractivity contribution in [2.75, 3.05) is 26.0 Å². The normalized spacial score (nSPS) is 15.7. The Kier molecular flexibility index (Phi) is 8.72. The monoisotopic (exact) mass is 480 g/mol. The van der Waals surface area contributed by atoms with Crippen LogP contribution in [0.2, 0.25) is 0 Å². The second-order valence-corrected chi connectivity index (χ2v) is 10.7. The zero-order chi connectivity index (χ0) is 23.3. The van der Waals surface area contributed by atoms with Crippen LogP contribution in [0.1, 0.15) is 44.1 Å². The minimum atomic E-state index is -0.562. The molecule has 0 saturated heterocycles. The number of fused-ring (bicyclic) bond motifs is 3. The van der Waals surface area contributed by atoms with Crippen molar-refractivity contribution in [1.82, 2.24) is 20.2 Å². The predicted octanol–water partition coefficient (Wildman–Crippen LogP) is 3.19. The average molecular weight is 481 g/mol. The summed E-state index contributed by atoms with van der Waals surface area (Å²) >= 11 is 2.80. The molecule has 3 rings (SSSR count). The second kappa shape index (κ2) is 11.3. The van der Waals surface area contributed by atoms with Crippen molar-refractivity contribution in [2.45, 2.75) is 58.2 Å². The number of ether oxygens (including phenoxy) is 1. The first-order chi connectivity index (χ1) is 15.3. The Morgan fingerprint density at radius 2 is 2.16 bits per heavy atom. The highest BCUT2D eigenvalue weighted by molar-refractivity contribution is 7.99. The Morgan fingerprint density at radius 3 is 2.88 bits per heavy atom. The summed E-state index contributed by atoms with van der Waals surface area (Å²) in [5.74, 6) is 0.617. The maximum atomic E-state index is 13.5. The van der Waals surface area contributed by atoms with Gasteiger partial charge in [-0.15, -0.1) is 11.3 Å². The Bertz CT molecular complexity index is 1030. The molecule has 2 aromatic rings. The van der Waals surface area contributed by atoms with Crippen LogP contribution in [0.15, 0.2) is 9.95 Å². The van der Waals surface area contributed by atoms with Gasteiger partial charge in [-0.05, 0) is 43.1 Å². The van der Waals surface area contributed by atoms with Crippen LogP contribution in [-0.2, 0) is 28.9 Å². The quantitative estimate of drug-likeness (QED) is 0.325. The number of thioether (sulfide) groups is 1. The molecule has 0 radical (unpaired) electrons. The molecule has 1 unspecified atom stereocenters. The van der Waals surface area contributed by atoms with Crippen molar-refractivity contribution in [2.24, 2.45) is 11.8 Å². The number of carbonyl (C=O) groups is 2. The molecule has 1 atom stereocenters. The topological polar surface area (TPSA) is 102 Å². The van der Waals surface area contributed by atoms with Crippen LogP contribution in [0.4, 0.5) is 4.79 Å². The van der Waals surface area contributed by atoms with Gasteiger partial charge in [0, 0.05) is 25.1 Å². The maximum absolute atomic E-state index is 13.5. The van der Waals surface area contributed by atoms with Crippen LogP contribution in [0.25, 0.3) is 10.2 Å². The highest BCUT2D eigenvalue weighted by atomic mass is 32.2. The Labute approximate surface area is 196 Å². The lowest BCUT2D eigenvalue weighted by Gasteiger charge is -2.18. The summed E-state index contributed by atoms with van der Waals surface area (Å²) in [6.45, 7) is 7.72. The molecule has 176 valence electrons. The SMILES string of the molecule is COCCNC(=O)NC(=O)CSc1nc2sc3c(c2c(=O)n1CCC(C)C)CCC(C)C3. The average Bonchev–Trinajstić information content (AvgIpc) is 3.09. The number of urea groups is 1. The third-order valence-electron chi connectivity index (χ3n) is 5.49. The fourth-order valence-corrected chi connectivity index (χ4v) is 5.95. The summed E-state index contributed by atoms with van der Waals surface area (Å²) < 4.78 is 6.58. The van der Waals surface area contributed by atoms with E-state index < -0.39 is 11.9 Å². The number of nitrogens with one attached hydrogen (secondary N) is 2. The van der Waals surface area contributed by atoms with E-state index in [-0.39, 0.29) is 11.3 Å². The summed E-state index contributed by atoms with van der Waals surface area (Å²) in [7, 11) is 1.54. The van der Waals surface area contributed by atoms with E-state index in [4.69, 9.17) is 9.72 Å². The largest absolute Gasteiger partial charge is 0.383 e. The van der Waals surface area contributed by atoms with Gasteiger partial charge in [0.05, 0.1) is 17.7 Å². The lowest BCUT2D eigenvalue weighted by molar-refractivity contribution is -0.117. The molecule has 2 N–H and O–H groups in total. The summed E-state index contributed by atoms with van der Waals surface area (Å²) in [5, 5.41) is 6.13. The molecule has 0 aromatic carbocycles. The molecule has 0 aliphatic heterocycles. The minimum absolute atomic E-state index is 0.000549. The number of thiophene rings is 1. The molecule has 2 heterocycles. The van der Waals surface area contributed by atoms with Gasteiger partial charge >= 0.3 is 6.03 Å². The van der Waals surface area contributed by atoms with Crippen LogP contribution in [0.5, 0.6) is 0 Å². The Hall–Kier alpha value is -1.91. The van der Waals surface area contributed by atoms with Crippen LogP contribution in [0, 0.1) is 11.8 Å². The smallest absolute Gasteiger partial charge is 0.321 e. The van der Waals surface area contributed by atoms with Crippen molar-refractivity contribution < 1.29 is 14.3 Å². The summed E-state index contributed by atoms with van der Waals surface area (Å²) in [5.41, 5.74) is 1.16. The maximum Gasteiger partial charge on any atom is 0.321 e. The molecule has 1 aliphatic rings. The predicted molar refractivity (Wildman–Crippen MR) is 129 cm³/mol. The van der Waals surface area contributed by atoms with Gasteiger partial charge in [-0.2, -0.15) is 0 Å². The van der Waals surface area contributed by atoms with Crippen molar-refractivity contribution in [3.63, 3.8) is 0 Å². The van der Waals surface area contributed by atoms with Gasteiger partial charge < -0.3 is 10.1 Å². The van der Waals surface area contributed by atoms with Gasteiger partial charge in [-0.25, -0.2) is 9.78 Å². The molecular weight excluding hydrogens is 448 g/mol. The standard InChI is InChI=1S/C22H32N4O4S2/c1-13(2)7-9-26-20(28)18-15-6-5-14(3)11-16(15)32-19(18)25-22(26)31-12-17(27)24-21(29)23-8-10-30-4/h13-14H,5-12H2,1-4H3,(H2,23,24,27,29). The van der Waals surface area contributed by atoms with E-state index in [2.05, 4.69) is 31.4 Å². The summed E-state index contributed by atoms with van der Waals surface area (Å²) in [4.78, 5) is 44.3. The van der Waals surface area contributed by atoms with E-state index >= 15 is 0 Å². The van der Waals surface area contributed by atoms with Gasteiger partial charge in [-0.1, -0.05) is 32.5 Å². The number of hydrogen-bond donors (Lipinski definition) is 2. The highest BCUT2D eigenvalue weighted by Crippen LogP contribution is 2.36. The Balaban J connectivity index is 1.81. The highest BCUT2D eigenvalue weighted by Gasteiger charge is 2.25. The summed E-state index contributed by atoms with van der Waals surface area (Å²) in [6.07, 6.45) is 3.85. The van der Waals surface area contributed by atoms with Crippen molar-refractivity contribution in [3.05, 3.63) is 20.8 Å². The molecule has 0 fully saturated rings. The van der Waals surface area contributed by atoms with Gasteiger partial charge in [0.25, 0.3) is 5.56 Å². The van der Waals surface area contributed by atoms with E-state index in [0.29, 0.717) is 36.7 Å². The molecular formula is C22H32N4O4S2. The van der Waals surface area contributed by atoms with Crippen LogP contribution >= 0.6 is 23.1 Å². The molecule has 0 bridgehead atoms. The van der Waals surface area contributed by atoms with Crippen molar-refractivity contribution in [3.8, 4) is 0 Å². The van der Waals surface area contributed by atoms with E-state index in [1.54, 1.807) is 15.9 Å².